The number of rotatable bonds is 10. The molecule has 0 unspecified atom stereocenters. The molecule has 1 saturated heterocycles. The first kappa shape index (κ1) is 23.9. The van der Waals surface area contributed by atoms with Gasteiger partial charge in [-0.1, -0.05) is 30.3 Å². The van der Waals surface area contributed by atoms with Crippen molar-refractivity contribution in [3.63, 3.8) is 0 Å². The topological polar surface area (TPSA) is 67.4 Å². The molecule has 0 aliphatic carbocycles. The van der Waals surface area contributed by atoms with Gasteiger partial charge in [-0.15, -0.1) is 0 Å². The standard InChI is InChI=1S/C25H36N4O3/c1-4-26-25(27-17-20-10-11-23(32-5-2)24(16-20)30-3)28-18-21-8-6-7-9-22(21)19-29-12-14-31-15-13-29/h6-11,16H,4-5,12-15,17-19H2,1-3H3,(H2,26,27,28). The summed E-state index contributed by atoms with van der Waals surface area (Å²) in [5, 5.41) is 6.83. The van der Waals surface area contributed by atoms with E-state index in [1.54, 1.807) is 7.11 Å². The summed E-state index contributed by atoms with van der Waals surface area (Å²) in [4.78, 5) is 7.21. The van der Waals surface area contributed by atoms with Gasteiger partial charge in [0, 0.05) is 32.7 Å². The number of guanidine groups is 1. The van der Waals surface area contributed by atoms with E-state index in [1.165, 1.54) is 11.1 Å². The van der Waals surface area contributed by atoms with Crippen LogP contribution in [-0.2, 0) is 24.4 Å². The van der Waals surface area contributed by atoms with E-state index in [0.29, 0.717) is 13.2 Å². The summed E-state index contributed by atoms with van der Waals surface area (Å²) in [5.41, 5.74) is 3.69. The van der Waals surface area contributed by atoms with E-state index in [2.05, 4.69) is 46.7 Å². The minimum absolute atomic E-state index is 0.549. The van der Waals surface area contributed by atoms with E-state index in [0.717, 1.165) is 69.0 Å². The maximum absolute atomic E-state index is 5.60. The molecule has 1 aliphatic rings. The Morgan fingerprint density at radius 3 is 2.53 bits per heavy atom. The second-order valence-corrected chi connectivity index (χ2v) is 7.62. The van der Waals surface area contributed by atoms with Crippen molar-refractivity contribution < 1.29 is 14.2 Å². The molecule has 0 atom stereocenters. The minimum Gasteiger partial charge on any atom is -0.493 e. The van der Waals surface area contributed by atoms with E-state index >= 15 is 0 Å². The highest BCUT2D eigenvalue weighted by atomic mass is 16.5. The smallest absolute Gasteiger partial charge is 0.191 e. The first-order valence-electron chi connectivity index (χ1n) is 11.4. The molecule has 2 aromatic rings. The van der Waals surface area contributed by atoms with E-state index < -0.39 is 0 Å². The van der Waals surface area contributed by atoms with Gasteiger partial charge in [0.1, 0.15) is 0 Å². The Morgan fingerprint density at radius 2 is 1.81 bits per heavy atom. The van der Waals surface area contributed by atoms with E-state index in [4.69, 9.17) is 19.2 Å². The lowest BCUT2D eigenvalue weighted by molar-refractivity contribution is 0.0341. The van der Waals surface area contributed by atoms with Crippen LogP contribution in [0.25, 0.3) is 0 Å². The molecule has 174 valence electrons. The molecule has 2 aromatic carbocycles. The molecule has 0 spiro atoms. The second kappa shape index (κ2) is 12.9. The van der Waals surface area contributed by atoms with Gasteiger partial charge in [-0.3, -0.25) is 4.90 Å². The third-order valence-corrected chi connectivity index (χ3v) is 5.35. The quantitative estimate of drug-likeness (QED) is 0.437. The average Bonchev–Trinajstić information content (AvgIpc) is 2.83. The van der Waals surface area contributed by atoms with Crippen LogP contribution in [0.4, 0.5) is 0 Å². The zero-order valence-electron chi connectivity index (χ0n) is 19.5. The molecule has 7 heteroatoms. The average molecular weight is 441 g/mol. The lowest BCUT2D eigenvalue weighted by atomic mass is 10.1. The van der Waals surface area contributed by atoms with E-state index in [-0.39, 0.29) is 0 Å². The Kier molecular flexibility index (Phi) is 9.65. The van der Waals surface area contributed by atoms with E-state index in [9.17, 15) is 0 Å². The Bertz CT molecular complexity index is 866. The van der Waals surface area contributed by atoms with Crippen molar-refractivity contribution in [2.45, 2.75) is 33.5 Å². The van der Waals surface area contributed by atoms with Crippen molar-refractivity contribution in [2.75, 3.05) is 46.6 Å². The van der Waals surface area contributed by atoms with Crippen LogP contribution >= 0.6 is 0 Å². The summed E-state index contributed by atoms with van der Waals surface area (Å²) in [7, 11) is 1.66. The van der Waals surface area contributed by atoms with Gasteiger partial charge in [-0.2, -0.15) is 0 Å². The van der Waals surface area contributed by atoms with Crippen molar-refractivity contribution in [1.29, 1.82) is 0 Å². The highest BCUT2D eigenvalue weighted by molar-refractivity contribution is 5.79. The number of morpholine rings is 1. The number of nitrogens with zero attached hydrogens (tertiary/aromatic N) is 2. The summed E-state index contributed by atoms with van der Waals surface area (Å²) >= 11 is 0. The third-order valence-electron chi connectivity index (χ3n) is 5.35. The lowest BCUT2D eigenvalue weighted by Gasteiger charge is -2.27. The van der Waals surface area contributed by atoms with Gasteiger partial charge in [0.2, 0.25) is 0 Å². The number of hydrogen-bond donors (Lipinski definition) is 2. The first-order chi connectivity index (χ1) is 15.7. The molecule has 0 saturated carbocycles. The molecule has 0 bridgehead atoms. The normalized spacial score (nSPS) is 14.8. The monoisotopic (exact) mass is 440 g/mol. The Hall–Kier alpha value is -2.77. The minimum atomic E-state index is 0.549. The van der Waals surface area contributed by atoms with Crippen LogP contribution < -0.4 is 20.1 Å². The van der Waals surface area contributed by atoms with Crippen molar-refractivity contribution in [1.82, 2.24) is 15.5 Å². The second-order valence-electron chi connectivity index (χ2n) is 7.62. The van der Waals surface area contributed by atoms with Crippen molar-refractivity contribution in [3.05, 3.63) is 59.2 Å². The van der Waals surface area contributed by atoms with Gasteiger partial charge in [0.05, 0.1) is 33.5 Å². The van der Waals surface area contributed by atoms with Gasteiger partial charge < -0.3 is 24.8 Å². The zero-order chi connectivity index (χ0) is 22.6. The van der Waals surface area contributed by atoms with Crippen LogP contribution in [0.15, 0.2) is 47.5 Å². The molecule has 1 aliphatic heterocycles. The summed E-state index contributed by atoms with van der Waals surface area (Å²) in [5.74, 6) is 2.28. The number of benzene rings is 2. The Morgan fingerprint density at radius 1 is 1.03 bits per heavy atom. The molecule has 1 fully saturated rings. The fraction of sp³-hybridized carbons (Fsp3) is 0.480. The summed E-state index contributed by atoms with van der Waals surface area (Å²) in [6.45, 7) is 11.3. The highest BCUT2D eigenvalue weighted by Gasteiger charge is 2.13. The van der Waals surface area contributed by atoms with Crippen LogP contribution in [0.5, 0.6) is 11.5 Å². The molecule has 0 amide bonds. The van der Waals surface area contributed by atoms with E-state index in [1.807, 2.05) is 25.1 Å². The fourth-order valence-corrected chi connectivity index (χ4v) is 3.66. The zero-order valence-corrected chi connectivity index (χ0v) is 19.5. The van der Waals surface area contributed by atoms with Gasteiger partial charge in [-0.25, -0.2) is 4.99 Å². The summed E-state index contributed by atoms with van der Waals surface area (Å²) in [6, 6.07) is 14.5. The van der Waals surface area contributed by atoms with Crippen LogP contribution in [0.1, 0.15) is 30.5 Å². The van der Waals surface area contributed by atoms with Gasteiger partial charge in [-0.05, 0) is 42.7 Å². The van der Waals surface area contributed by atoms with Crippen molar-refractivity contribution >= 4 is 5.96 Å². The van der Waals surface area contributed by atoms with Gasteiger partial charge >= 0.3 is 0 Å². The SMILES string of the molecule is CCNC(=NCc1ccc(OCC)c(OC)c1)NCc1ccccc1CN1CCOCC1. The van der Waals surface area contributed by atoms with Crippen LogP contribution in [-0.4, -0.2) is 57.4 Å². The van der Waals surface area contributed by atoms with Crippen LogP contribution in [0.2, 0.25) is 0 Å². The number of aliphatic imine (C=N–C) groups is 1. The maximum atomic E-state index is 5.60. The number of methoxy groups -OCH3 is 1. The lowest BCUT2D eigenvalue weighted by Crippen LogP contribution is -2.38. The highest BCUT2D eigenvalue weighted by Crippen LogP contribution is 2.28. The summed E-state index contributed by atoms with van der Waals surface area (Å²) in [6.07, 6.45) is 0. The molecule has 32 heavy (non-hydrogen) atoms. The Balaban J connectivity index is 1.64. The van der Waals surface area contributed by atoms with Gasteiger partial charge in [0.15, 0.2) is 17.5 Å². The molecular weight excluding hydrogens is 404 g/mol. The van der Waals surface area contributed by atoms with Crippen LogP contribution in [0, 0.1) is 0 Å². The van der Waals surface area contributed by atoms with Gasteiger partial charge in [0.25, 0.3) is 0 Å². The van der Waals surface area contributed by atoms with Crippen LogP contribution in [0.3, 0.4) is 0 Å². The molecule has 1 heterocycles. The molecule has 0 radical (unpaired) electrons. The van der Waals surface area contributed by atoms with Crippen molar-refractivity contribution in [3.8, 4) is 11.5 Å². The molecule has 3 rings (SSSR count). The fourth-order valence-electron chi connectivity index (χ4n) is 3.66. The molecule has 0 aromatic heterocycles. The predicted molar refractivity (Wildman–Crippen MR) is 128 cm³/mol. The predicted octanol–water partition coefficient (Wildman–Crippen LogP) is 3.18. The largest absolute Gasteiger partial charge is 0.493 e. The van der Waals surface area contributed by atoms with Crippen molar-refractivity contribution in [2.24, 2.45) is 4.99 Å². The first-order valence-corrected chi connectivity index (χ1v) is 11.4. The molecule has 2 N–H and O–H groups in total. The Labute approximate surface area is 191 Å². The summed E-state index contributed by atoms with van der Waals surface area (Å²) < 4.78 is 16.5. The molecular formula is C25H36N4O3. The number of ether oxygens (including phenoxy) is 3. The third kappa shape index (κ3) is 7.14. The number of nitrogens with one attached hydrogen (secondary N) is 2. The maximum Gasteiger partial charge on any atom is 0.191 e. The molecule has 7 nitrogen and oxygen atoms in total. The number of hydrogen-bond acceptors (Lipinski definition) is 5.